The molecule has 0 bridgehead atoms. The third kappa shape index (κ3) is 5.67. The number of nitrogens with one attached hydrogen (secondary N) is 2. The molecule has 2 atom stereocenters. The van der Waals surface area contributed by atoms with Gasteiger partial charge in [0.1, 0.15) is 11.9 Å². The third-order valence-electron chi connectivity index (χ3n) is 5.76. The normalized spacial score (nSPS) is 17.6. The van der Waals surface area contributed by atoms with Crippen LogP contribution in [0.1, 0.15) is 6.42 Å². The molecule has 0 aromatic heterocycles. The number of likely N-dealkylation sites (tertiary alicyclic amines) is 1. The first kappa shape index (κ1) is 25.6. The zero-order valence-electron chi connectivity index (χ0n) is 19.1. The standard InChI is InChI=1S/C25H23ClFN3O5S/c1-36(34,35)23-5-3-2-4-19(23)15-6-11-21(20(27)12-15)29-24(32)22-13-18(31)14-30(22)25(33)28-17-9-7-16(26)8-10-17/h2-12,18,22,31H,13-14H2,1H3,(H,28,33)(H,29,32)/t18-,22?/m1/s1. The van der Waals surface area contributed by atoms with Crippen molar-refractivity contribution in [2.24, 2.45) is 0 Å². The topological polar surface area (TPSA) is 116 Å². The van der Waals surface area contributed by atoms with Gasteiger partial charge < -0.3 is 20.6 Å². The van der Waals surface area contributed by atoms with Crippen molar-refractivity contribution in [1.29, 1.82) is 0 Å². The van der Waals surface area contributed by atoms with Crippen LogP contribution in [-0.4, -0.2) is 55.3 Å². The summed E-state index contributed by atoms with van der Waals surface area (Å²) in [6, 6.07) is 15.0. The van der Waals surface area contributed by atoms with Gasteiger partial charge in [-0.1, -0.05) is 35.9 Å². The summed E-state index contributed by atoms with van der Waals surface area (Å²) in [5.41, 5.74) is 0.980. The SMILES string of the molecule is CS(=O)(=O)c1ccccc1-c1ccc(NC(=O)C2C[C@@H](O)CN2C(=O)Nc2ccc(Cl)cc2)c(F)c1. The Hall–Kier alpha value is -3.47. The number of halogens is 2. The number of nitrogens with zero attached hydrogens (tertiary/aromatic N) is 1. The monoisotopic (exact) mass is 531 g/mol. The lowest BCUT2D eigenvalue weighted by Crippen LogP contribution is -2.45. The van der Waals surface area contributed by atoms with Crippen molar-refractivity contribution in [3.63, 3.8) is 0 Å². The zero-order chi connectivity index (χ0) is 26.0. The predicted octanol–water partition coefficient (Wildman–Crippen LogP) is 4.16. The molecular formula is C25H23ClFN3O5S. The van der Waals surface area contributed by atoms with E-state index >= 15 is 0 Å². The van der Waals surface area contributed by atoms with Crippen molar-refractivity contribution >= 4 is 44.8 Å². The van der Waals surface area contributed by atoms with Crippen molar-refractivity contribution in [2.45, 2.75) is 23.5 Å². The highest BCUT2D eigenvalue weighted by molar-refractivity contribution is 7.90. The van der Waals surface area contributed by atoms with Crippen molar-refractivity contribution in [2.75, 3.05) is 23.4 Å². The molecular weight excluding hydrogens is 509 g/mol. The Balaban J connectivity index is 1.51. The van der Waals surface area contributed by atoms with Crippen LogP contribution >= 0.6 is 11.6 Å². The number of anilines is 2. The maximum Gasteiger partial charge on any atom is 0.322 e. The molecule has 188 valence electrons. The van der Waals surface area contributed by atoms with E-state index in [1.807, 2.05) is 0 Å². The van der Waals surface area contributed by atoms with Crippen LogP contribution in [0, 0.1) is 5.82 Å². The maximum absolute atomic E-state index is 14.9. The largest absolute Gasteiger partial charge is 0.391 e. The second-order valence-corrected chi connectivity index (χ2v) is 10.9. The van der Waals surface area contributed by atoms with Crippen LogP contribution in [-0.2, 0) is 14.6 Å². The molecule has 0 spiro atoms. The summed E-state index contributed by atoms with van der Waals surface area (Å²) >= 11 is 5.85. The molecule has 0 radical (unpaired) electrons. The molecule has 0 saturated carbocycles. The lowest BCUT2D eigenvalue weighted by molar-refractivity contribution is -0.119. The highest BCUT2D eigenvalue weighted by Crippen LogP contribution is 2.30. The number of benzene rings is 3. The van der Waals surface area contributed by atoms with Gasteiger partial charge in [0.05, 0.1) is 16.7 Å². The number of aliphatic hydroxyl groups is 1. The van der Waals surface area contributed by atoms with E-state index in [1.165, 1.54) is 23.1 Å². The number of carbonyl (C=O) groups excluding carboxylic acids is 2. The van der Waals surface area contributed by atoms with Gasteiger partial charge >= 0.3 is 6.03 Å². The Morgan fingerprint density at radius 1 is 1.06 bits per heavy atom. The Bertz CT molecular complexity index is 1420. The molecule has 1 aliphatic heterocycles. The highest BCUT2D eigenvalue weighted by atomic mass is 35.5. The van der Waals surface area contributed by atoms with Crippen LogP contribution in [0.4, 0.5) is 20.6 Å². The molecule has 8 nitrogen and oxygen atoms in total. The lowest BCUT2D eigenvalue weighted by atomic mass is 10.0. The zero-order valence-corrected chi connectivity index (χ0v) is 20.7. The van der Waals surface area contributed by atoms with Gasteiger partial charge in [0.25, 0.3) is 0 Å². The first-order chi connectivity index (χ1) is 17.0. The van der Waals surface area contributed by atoms with Gasteiger partial charge in [0.2, 0.25) is 5.91 Å². The summed E-state index contributed by atoms with van der Waals surface area (Å²) in [5, 5.41) is 15.7. The van der Waals surface area contributed by atoms with Crippen molar-refractivity contribution in [1.82, 2.24) is 4.90 Å². The van der Waals surface area contributed by atoms with Gasteiger partial charge in [0, 0.05) is 35.5 Å². The molecule has 1 aliphatic rings. The summed E-state index contributed by atoms with van der Waals surface area (Å²) < 4.78 is 39.1. The Kier molecular flexibility index (Phi) is 7.30. The number of hydrogen-bond acceptors (Lipinski definition) is 5. The lowest BCUT2D eigenvalue weighted by Gasteiger charge is -2.24. The van der Waals surface area contributed by atoms with E-state index in [0.29, 0.717) is 21.8 Å². The second kappa shape index (κ2) is 10.3. The second-order valence-electron chi connectivity index (χ2n) is 8.45. The van der Waals surface area contributed by atoms with E-state index in [1.54, 1.807) is 42.5 Å². The minimum absolute atomic E-state index is 0.0126. The van der Waals surface area contributed by atoms with Gasteiger partial charge in [-0.3, -0.25) is 4.79 Å². The highest BCUT2D eigenvalue weighted by Gasteiger charge is 2.39. The minimum atomic E-state index is -3.54. The Morgan fingerprint density at radius 3 is 2.42 bits per heavy atom. The molecule has 4 rings (SSSR count). The summed E-state index contributed by atoms with van der Waals surface area (Å²) in [5.74, 6) is -1.44. The van der Waals surface area contributed by atoms with E-state index in [0.717, 1.165) is 12.3 Å². The number of sulfone groups is 1. The number of carbonyl (C=O) groups is 2. The van der Waals surface area contributed by atoms with E-state index in [2.05, 4.69) is 10.6 Å². The van der Waals surface area contributed by atoms with Gasteiger partial charge in [-0.25, -0.2) is 17.6 Å². The Morgan fingerprint density at radius 2 is 1.75 bits per heavy atom. The van der Waals surface area contributed by atoms with E-state index in [4.69, 9.17) is 11.6 Å². The van der Waals surface area contributed by atoms with Gasteiger partial charge in [0.15, 0.2) is 9.84 Å². The van der Waals surface area contributed by atoms with Crippen LogP contribution in [0.5, 0.6) is 0 Å². The predicted molar refractivity (Wildman–Crippen MR) is 135 cm³/mol. The molecule has 3 aromatic carbocycles. The van der Waals surface area contributed by atoms with Crippen LogP contribution in [0.25, 0.3) is 11.1 Å². The Labute approximate surface area is 212 Å². The van der Waals surface area contributed by atoms with Crippen molar-refractivity contribution in [3.05, 3.63) is 77.6 Å². The molecule has 0 aliphatic carbocycles. The third-order valence-corrected chi connectivity index (χ3v) is 7.17. The van der Waals surface area contributed by atoms with Crippen molar-refractivity contribution < 1.29 is 27.5 Å². The fourth-order valence-electron chi connectivity index (χ4n) is 4.04. The smallest absolute Gasteiger partial charge is 0.322 e. The average molecular weight is 532 g/mol. The number of β-amino-alcohol motifs (C(OH)–C–C–N with tert-alkyl or cyclic N) is 1. The summed E-state index contributed by atoms with van der Waals surface area (Å²) in [4.78, 5) is 27.0. The molecule has 1 unspecified atom stereocenters. The minimum Gasteiger partial charge on any atom is -0.391 e. The van der Waals surface area contributed by atoms with Gasteiger partial charge in [-0.15, -0.1) is 0 Å². The fraction of sp³-hybridized carbons (Fsp3) is 0.200. The molecule has 3 N–H and O–H groups in total. The van der Waals surface area contributed by atoms with E-state index in [-0.39, 0.29) is 23.5 Å². The number of aliphatic hydroxyl groups excluding tert-OH is 1. The average Bonchev–Trinajstić information content (AvgIpc) is 3.23. The van der Waals surface area contributed by atoms with E-state index < -0.39 is 39.7 Å². The molecule has 36 heavy (non-hydrogen) atoms. The first-order valence-electron chi connectivity index (χ1n) is 10.9. The maximum atomic E-state index is 14.9. The van der Waals surface area contributed by atoms with Crippen LogP contribution in [0.3, 0.4) is 0 Å². The van der Waals surface area contributed by atoms with Gasteiger partial charge in [-0.05, 0) is 48.0 Å². The number of hydrogen-bond donors (Lipinski definition) is 3. The van der Waals surface area contributed by atoms with Crippen molar-refractivity contribution in [3.8, 4) is 11.1 Å². The fourth-order valence-corrected chi connectivity index (χ4v) is 5.08. The number of urea groups is 1. The van der Waals surface area contributed by atoms with E-state index in [9.17, 15) is 27.5 Å². The molecule has 11 heteroatoms. The molecule has 3 amide bonds. The summed E-state index contributed by atoms with van der Waals surface area (Å²) in [6.45, 7) is -0.0682. The first-order valence-corrected chi connectivity index (χ1v) is 13.2. The molecule has 1 heterocycles. The quantitative estimate of drug-likeness (QED) is 0.457. The number of amides is 3. The number of rotatable bonds is 5. The van der Waals surface area contributed by atoms with Crippen LogP contribution in [0.2, 0.25) is 5.02 Å². The molecule has 1 fully saturated rings. The summed E-state index contributed by atoms with van der Waals surface area (Å²) in [6.07, 6.45) is 0.139. The van der Waals surface area contributed by atoms with Gasteiger partial charge in [-0.2, -0.15) is 0 Å². The van der Waals surface area contributed by atoms with Crippen LogP contribution < -0.4 is 10.6 Å². The van der Waals surface area contributed by atoms with Crippen LogP contribution in [0.15, 0.2) is 71.6 Å². The molecule has 1 saturated heterocycles. The molecule has 3 aromatic rings. The summed E-state index contributed by atoms with van der Waals surface area (Å²) in [7, 11) is -3.54.